The molecule has 0 bridgehead atoms. The second kappa shape index (κ2) is 7.25. The summed E-state index contributed by atoms with van der Waals surface area (Å²) < 4.78 is 11.4. The molecule has 0 spiro atoms. The smallest absolute Gasteiger partial charge is 0.254 e. The molecule has 1 saturated heterocycles. The van der Waals surface area contributed by atoms with Gasteiger partial charge in [-0.25, -0.2) is 9.97 Å². The molecule has 1 atom stereocenters. The number of fused-ring (bicyclic) bond motifs is 1. The predicted octanol–water partition coefficient (Wildman–Crippen LogP) is 3.01. The van der Waals surface area contributed by atoms with Crippen LogP contribution in [0.3, 0.4) is 0 Å². The number of nitrogens with zero attached hydrogens (tertiary/aromatic N) is 3. The minimum absolute atomic E-state index is 0.0302. The van der Waals surface area contributed by atoms with E-state index in [9.17, 15) is 4.79 Å². The molecular formula is C20H21N3O3. The number of hydrogen-bond acceptors (Lipinski definition) is 5. The highest BCUT2D eigenvalue weighted by Gasteiger charge is 2.25. The molecule has 0 unspecified atom stereocenters. The Bertz CT molecular complexity index is 907. The lowest BCUT2D eigenvalue weighted by atomic mass is 10.1. The first kappa shape index (κ1) is 16.7. The molecule has 26 heavy (non-hydrogen) atoms. The summed E-state index contributed by atoms with van der Waals surface area (Å²) in [6.07, 6.45) is 4.98. The summed E-state index contributed by atoms with van der Waals surface area (Å²) in [4.78, 5) is 22.9. The topological polar surface area (TPSA) is 68.5 Å². The largest absolute Gasteiger partial charge is 0.461 e. The molecule has 2 aromatic heterocycles. The number of carbonyl (C=O) groups is 1. The summed E-state index contributed by atoms with van der Waals surface area (Å²) in [6, 6.07) is 9.46. The van der Waals surface area contributed by atoms with E-state index in [4.69, 9.17) is 9.15 Å². The monoisotopic (exact) mass is 351 g/mol. The quantitative estimate of drug-likeness (QED) is 0.723. The van der Waals surface area contributed by atoms with Gasteiger partial charge in [0.05, 0.1) is 12.7 Å². The fourth-order valence-corrected chi connectivity index (χ4v) is 3.34. The molecule has 0 saturated carbocycles. The number of amides is 1. The molecule has 4 rings (SSSR count). The molecule has 0 aliphatic carbocycles. The van der Waals surface area contributed by atoms with Gasteiger partial charge in [0, 0.05) is 35.9 Å². The average molecular weight is 351 g/mol. The Hall–Kier alpha value is -2.73. The van der Waals surface area contributed by atoms with Gasteiger partial charge in [0.25, 0.3) is 5.91 Å². The Morgan fingerprint density at radius 3 is 3.08 bits per heavy atom. The highest BCUT2D eigenvalue weighted by Crippen LogP contribution is 2.22. The van der Waals surface area contributed by atoms with Gasteiger partial charge in [0.2, 0.25) is 0 Å². The fourth-order valence-electron chi connectivity index (χ4n) is 3.34. The van der Waals surface area contributed by atoms with E-state index in [0.29, 0.717) is 25.3 Å². The SMILES string of the molecule is Cc1cc2cc(C(=O)N3CCO[C@@H](CCc4ccncn4)C3)ccc2o1. The second-order valence-electron chi connectivity index (χ2n) is 6.59. The van der Waals surface area contributed by atoms with Crippen LogP contribution in [-0.4, -0.2) is 46.6 Å². The standard InChI is InChI=1S/C20H21N3O3/c1-14-10-16-11-15(2-5-19(16)26-14)20(24)23-8-9-25-18(12-23)4-3-17-6-7-21-13-22-17/h2,5-7,10-11,13,18H,3-4,8-9,12H2,1H3/t18-/m0/s1. The molecule has 6 heteroatoms. The third-order valence-corrected chi connectivity index (χ3v) is 4.68. The van der Waals surface area contributed by atoms with E-state index in [2.05, 4.69) is 9.97 Å². The van der Waals surface area contributed by atoms with Crippen LogP contribution in [0.15, 0.2) is 47.3 Å². The van der Waals surface area contributed by atoms with Crippen molar-refractivity contribution in [2.45, 2.75) is 25.9 Å². The number of hydrogen-bond donors (Lipinski definition) is 0. The van der Waals surface area contributed by atoms with E-state index in [1.54, 1.807) is 12.5 Å². The highest BCUT2D eigenvalue weighted by atomic mass is 16.5. The van der Waals surface area contributed by atoms with Crippen LogP contribution in [0.5, 0.6) is 0 Å². The summed E-state index contributed by atoms with van der Waals surface area (Å²) in [7, 11) is 0. The van der Waals surface area contributed by atoms with Gasteiger partial charge in [-0.15, -0.1) is 0 Å². The van der Waals surface area contributed by atoms with Gasteiger partial charge < -0.3 is 14.1 Å². The summed E-state index contributed by atoms with van der Waals surface area (Å²) >= 11 is 0. The maximum absolute atomic E-state index is 12.9. The summed E-state index contributed by atoms with van der Waals surface area (Å²) in [5.41, 5.74) is 2.49. The Morgan fingerprint density at radius 2 is 2.23 bits per heavy atom. The van der Waals surface area contributed by atoms with E-state index >= 15 is 0 Å². The first-order chi connectivity index (χ1) is 12.7. The molecule has 6 nitrogen and oxygen atoms in total. The minimum Gasteiger partial charge on any atom is -0.461 e. The number of aromatic nitrogens is 2. The Morgan fingerprint density at radius 1 is 1.31 bits per heavy atom. The van der Waals surface area contributed by atoms with Crippen molar-refractivity contribution in [3.63, 3.8) is 0 Å². The van der Waals surface area contributed by atoms with Crippen molar-refractivity contribution in [3.8, 4) is 0 Å². The first-order valence-corrected chi connectivity index (χ1v) is 8.85. The van der Waals surface area contributed by atoms with Gasteiger partial charge in [0.1, 0.15) is 17.7 Å². The number of carbonyl (C=O) groups excluding carboxylic acids is 1. The fraction of sp³-hybridized carbons (Fsp3) is 0.350. The van der Waals surface area contributed by atoms with Crippen molar-refractivity contribution in [1.82, 2.24) is 14.9 Å². The van der Waals surface area contributed by atoms with Gasteiger partial charge in [-0.2, -0.15) is 0 Å². The lowest BCUT2D eigenvalue weighted by molar-refractivity contribution is -0.0246. The molecule has 134 valence electrons. The zero-order valence-electron chi connectivity index (χ0n) is 14.7. The van der Waals surface area contributed by atoms with Crippen molar-refractivity contribution < 1.29 is 13.9 Å². The van der Waals surface area contributed by atoms with Crippen LogP contribution >= 0.6 is 0 Å². The highest BCUT2D eigenvalue weighted by molar-refractivity contribution is 5.97. The van der Waals surface area contributed by atoms with Gasteiger partial charge in [0.15, 0.2) is 0 Å². The van der Waals surface area contributed by atoms with Crippen LogP contribution in [0.4, 0.5) is 0 Å². The zero-order chi connectivity index (χ0) is 17.9. The second-order valence-corrected chi connectivity index (χ2v) is 6.59. The van der Waals surface area contributed by atoms with Crippen molar-refractivity contribution >= 4 is 16.9 Å². The summed E-state index contributed by atoms with van der Waals surface area (Å²) in [5.74, 6) is 0.891. The lowest BCUT2D eigenvalue weighted by Gasteiger charge is -2.33. The molecule has 1 aliphatic rings. The molecule has 1 aliphatic heterocycles. The van der Waals surface area contributed by atoms with E-state index < -0.39 is 0 Å². The number of aryl methyl sites for hydroxylation is 2. The van der Waals surface area contributed by atoms with Crippen LogP contribution in [0.1, 0.15) is 28.2 Å². The molecule has 3 aromatic rings. The Labute approximate surface area is 151 Å². The third kappa shape index (κ3) is 3.60. The predicted molar refractivity (Wildman–Crippen MR) is 96.9 cm³/mol. The van der Waals surface area contributed by atoms with Crippen molar-refractivity contribution in [3.05, 3.63) is 59.9 Å². The Kier molecular flexibility index (Phi) is 4.67. The number of rotatable bonds is 4. The third-order valence-electron chi connectivity index (χ3n) is 4.68. The maximum Gasteiger partial charge on any atom is 0.254 e. The van der Waals surface area contributed by atoms with Gasteiger partial charge in [-0.1, -0.05) is 0 Å². The van der Waals surface area contributed by atoms with E-state index in [-0.39, 0.29) is 12.0 Å². The molecule has 1 fully saturated rings. The van der Waals surface area contributed by atoms with Crippen LogP contribution in [0.25, 0.3) is 11.0 Å². The molecule has 1 amide bonds. The zero-order valence-corrected chi connectivity index (χ0v) is 14.7. The van der Waals surface area contributed by atoms with Crippen LogP contribution in [0.2, 0.25) is 0 Å². The number of benzene rings is 1. The van der Waals surface area contributed by atoms with Crippen LogP contribution in [-0.2, 0) is 11.2 Å². The van der Waals surface area contributed by atoms with Crippen molar-refractivity contribution in [2.24, 2.45) is 0 Å². The van der Waals surface area contributed by atoms with Crippen LogP contribution < -0.4 is 0 Å². The summed E-state index contributed by atoms with van der Waals surface area (Å²) in [5, 5.41) is 0.960. The number of morpholine rings is 1. The van der Waals surface area contributed by atoms with Gasteiger partial charge in [-0.3, -0.25) is 4.79 Å². The van der Waals surface area contributed by atoms with Crippen molar-refractivity contribution in [2.75, 3.05) is 19.7 Å². The maximum atomic E-state index is 12.9. The van der Waals surface area contributed by atoms with E-state index in [0.717, 1.165) is 35.3 Å². The van der Waals surface area contributed by atoms with Crippen LogP contribution in [0, 0.1) is 6.92 Å². The minimum atomic E-state index is 0.0302. The number of ether oxygens (including phenoxy) is 1. The number of furan rings is 1. The van der Waals surface area contributed by atoms with Gasteiger partial charge in [-0.05, 0) is 50.1 Å². The van der Waals surface area contributed by atoms with Gasteiger partial charge >= 0.3 is 0 Å². The van der Waals surface area contributed by atoms with E-state index in [1.165, 1.54) is 0 Å². The lowest BCUT2D eigenvalue weighted by Crippen LogP contribution is -2.45. The normalized spacial score (nSPS) is 17.6. The first-order valence-electron chi connectivity index (χ1n) is 8.85. The average Bonchev–Trinajstić information content (AvgIpc) is 3.06. The Balaban J connectivity index is 1.41. The molecule has 1 aromatic carbocycles. The molecule has 0 radical (unpaired) electrons. The molecule has 0 N–H and O–H groups in total. The molecule has 3 heterocycles. The van der Waals surface area contributed by atoms with E-state index in [1.807, 2.05) is 42.2 Å². The molecular weight excluding hydrogens is 330 g/mol. The van der Waals surface area contributed by atoms with Crippen molar-refractivity contribution in [1.29, 1.82) is 0 Å². The summed E-state index contributed by atoms with van der Waals surface area (Å²) in [6.45, 7) is 3.69.